The van der Waals surface area contributed by atoms with Crippen LogP contribution in [0.1, 0.15) is 28.9 Å². The van der Waals surface area contributed by atoms with Crippen molar-refractivity contribution in [3.8, 4) is 5.75 Å². The zero-order chi connectivity index (χ0) is 13.6. The molecule has 2 heterocycles. The molecule has 0 N–H and O–H groups in total. The number of rotatable bonds is 2. The number of fused-ring (bicyclic) bond motifs is 3. The van der Waals surface area contributed by atoms with Crippen LogP contribution in [-0.4, -0.2) is 49.0 Å². The average Bonchev–Trinajstić information content (AvgIpc) is 2.64. The molecule has 1 amide bonds. The van der Waals surface area contributed by atoms with Gasteiger partial charge in [0.2, 0.25) is 0 Å². The van der Waals surface area contributed by atoms with E-state index in [0.717, 1.165) is 40.1 Å². The highest BCUT2D eigenvalue weighted by atomic mass is 127. The van der Waals surface area contributed by atoms with Crippen molar-refractivity contribution < 1.29 is 9.53 Å². The Morgan fingerprint density at radius 3 is 2.95 bits per heavy atom. The van der Waals surface area contributed by atoms with E-state index in [-0.39, 0.29) is 11.9 Å². The monoisotopic (exact) mass is 372 g/mol. The van der Waals surface area contributed by atoms with Crippen LogP contribution in [0.2, 0.25) is 0 Å². The van der Waals surface area contributed by atoms with Crippen molar-refractivity contribution in [1.29, 1.82) is 0 Å². The van der Waals surface area contributed by atoms with Gasteiger partial charge < -0.3 is 14.5 Å². The fourth-order valence-corrected chi connectivity index (χ4v) is 3.50. The van der Waals surface area contributed by atoms with Crippen LogP contribution in [0.3, 0.4) is 0 Å². The Labute approximate surface area is 126 Å². The molecule has 0 bridgehead atoms. The fraction of sp³-hybridized carbons (Fsp3) is 0.500. The lowest BCUT2D eigenvalue weighted by molar-refractivity contribution is 0.0570. The van der Waals surface area contributed by atoms with Crippen LogP contribution in [0, 0.1) is 3.57 Å². The van der Waals surface area contributed by atoms with E-state index in [2.05, 4.69) is 40.6 Å². The number of hydrogen-bond acceptors (Lipinski definition) is 3. The van der Waals surface area contributed by atoms with Crippen molar-refractivity contribution in [1.82, 2.24) is 9.80 Å². The lowest BCUT2D eigenvalue weighted by atomic mass is 10.0. The number of nitrogens with zero attached hydrogens (tertiary/aromatic N) is 2. The van der Waals surface area contributed by atoms with Gasteiger partial charge in [0.1, 0.15) is 5.75 Å². The third kappa shape index (κ3) is 2.12. The van der Waals surface area contributed by atoms with E-state index in [0.29, 0.717) is 6.61 Å². The molecular weight excluding hydrogens is 355 g/mol. The van der Waals surface area contributed by atoms with Gasteiger partial charge in [-0.1, -0.05) is 0 Å². The smallest absolute Gasteiger partial charge is 0.254 e. The van der Waals surface area contributed by atoms with Gasteiger partial charge in [0.15, 0.2) is 0 Å². The van der Waals surface area contributed by atoms with E-state index >= 15 is 0 Å². The predicted octanol–water partition coefficient (Wildman–Crippen LogP) is 2.13. The molecule has 0 spiro atoms. The highest BCUT2D eigenvalue weighted by Gasteiger charge is 2.40. The topological polar surface area (TPSA) is 32.8 Å². The van der Waals surface area contributed by atoms with Gasteiger partial charge in [0.25, 0.3) is 5.91 Å². The third-order valence-electron chi connectivity index (χ3n) is 3.84. The number of halogens is 1. The molecule has 0 aliphatic carbocycles. The Bertz CT molecular complexity index is 532. The van der Waals surface area contributed by atoms with E-state index < -0.39 is 0 Å². The summed E-state index contributed by atoms with van der Waals surface area (Å²) in [7, 11) is 2.11. The number of carbonyl (C=O) groups is 1. The predicted molar refractivity (Wildman–Crippen MR) is 81.6 cm³/mol. The van der Waals surface area contributed by atoms with Crippen molar-refractivity contribution in [2.75, 3.05) is 33.3 Å². The lowest BCUT2D eigenvalue weighted by Gasteiger charge is -2.35. The lowest BCUT2D eigenvalue weighted by Crippen LogP contribution is -2.45. The van der Waals surface area contributed by atoms with Crippen molar-refractivity contribution >= 4 is 28.5 Å². The van der Waals surface area contributed by atoms with E-state index in [9.17, 15) is 4.79 Å². The normalized spacial score (nSPS) is 22.4. The van der Waals surface area contributed by atoms with E-state index in [1.54, 1.807) is 0 Å². The first-order valence-electron chi connectivity index (χ1n) is 6.57. The zero-order valence-electron chi connectivity index (χ0n) is 11.1. The molecule has 0 radical (unpaired) electrons. The minimum Gasteiger partial charge on any atom is -0.493 e. The molecule has 5 heteroatoms. The number of carbonyl (C=O) groups excluding carboxylic acids is 1. The maximum Gasteiger partial charge on any atom is 0.254 e. The van der Waals surface area contributed by atoms with Gasteiger partial charge in [-0.25, -0.2) is 0 Å². The maximum absolute atomic E-state index is 12.4. The van der Waals surface area contributed by atoms with Gasteiger partial charge in [-0.15, -0.1) is 0 Å². The summed E-state index contributed by atoms with van der Waals surface area (Å²) < 4.78 is 6.67. The number of likely N-dealkylation sites (N-methyl/N-ethyl adjacent to an activating group) is 1. The molecule has 3 rings (SSSR count). The van der Waals surface area contributed by atoms with Crippen molar-refractivity contribution in [2.24, 2.45) is 0 Å². The van der Waals surface area contributed by atoms with Gasteiger partial charge in [-0.2, -0.15) is 0 Å². The Kier molecular flexibility index (Phi) is 3.42. The van der Waals surface area contributed by atoms with Gasteiger partial charge in [-0.3, -0.25) is 4.79 Å². The summed E-state index contributed by atoms with van der Waals surface area (Å²) >= 11 is 2.24. The summed E-state index contributed by atoms with van der Waals surface area (Å²) in [5.74, 6) is 1.07. The highest BCUT2D eigenvalue weighted by Crippen LogP contribution is 2.39. The quantitative estimate of drug-likeness (QED) is 0.746. The van der Waals surface area contributed by atoms with Crippen molar-refractivity contribution in [3.05, 3.63) is 26.8 Å². The summed E-state index contributed by atoms with van der Waals surface area (Å²) in [5.41, 5.74) is 1.98. The number of amides is 1. The molecule has 1 saturated heterocycles. The SMILES string of the molecule is CCOc1cc2c(cc1I)C(=O)N1CCN(C)CC21. The van der Waals surface area contributed by atoms with E-state index in [1.165, 1.54) is 0 Å². The fourth-order valence-electron chi connectivity index (χ4n) is 2.88. The minimum atomic E-state index is 0.175. The summed E-state index contributed by atoms with van der Waals surface area (Å²) in [4.78, 5) is 16.7. The minimum absolute atomic E-state index is 0.175. The summed E-state index contributed by atoms with van der Waals surface area (Å²) in [6, 6.07) is 4.22. The molecule has 1 aromatic rings. The van der Waals surface area contributed by atoms with Crippen LogP contribution >= 0.6 is 22.6 Å². The standard InChI is InChI=1S/C14H17IN2O2/c1-3-19-13-7-9-10(6-11(13)15)14(18)17-5-4-16(2)8-12(9)17/h6-7,12H,3-5,8H2,1-2H3. The first kappa shape index (κ1) is 13.2. The second-order valence-corrected chi connectivity index (χ2v) is 6.24. The zero-order valence-corrected chi connectivity index (χ0v) is 13.3. The summed E-state index contributed by atoms with van der Waals surface area (Å²) in [6.45, 7) is 5.30. The Balaban J connectivity index is 2.04. The molecule has 1 aromatic carbocycles. The van der Waals surface area contributed by atoms with Crippen LogP contribution in [0.25, 0.3) is 0 Å². The first-order valence-corrected chi connectivity index (χ1v) is 7.65. The van der Waals surface area contributed by atoms with E-state index in [1.807, 2.05) is 17.9 Å². The van der Waals surface area contributed by atoms with Crippen LogP contribution < -0.4 is 4.74 Å². The summed E-state index contributed by atoms with van der Waals surface area (Å²) in [6.07, 6.45) is 0. The number of benzene rings is 1. The number of piperazine rings is 1. The molecule has 4 nitrogen and oxygen atoms in total. The second-order valence-electron chi connectivity index (χ2n) is 5.08. The molecule has 0 saturated carbocycles. The molecule has 1 unspecified atom stereocenters. The Morgan fingerprint density at radius 2 is 2.21 bits per heavy atom. The molecular formula is C14H17IN2O2. The van der Waals surface area contributed by atoms with Gasteiger partial charge in [0, 0.05) is 25.2 Å². The van der Waals surface area contributed by atoms with Crippen LogP contribution in [0.5, 0.6) is 5.75 Å². The molecule has 1 fully saturated rings. The third-order valence-corrected chi connectivity index (χ3v) is 4.68. The molecule has 1 atom stereocenters. The largest absolute Gasteiger partial charge is 0.493 e. The highest BCUT2D eigenvalue weighted by molar-refractivity contribution is 14.1. The molecule has 2 aliphatic rings. The van der Waals surface area contributed by atoms with Gasteiger partial charge in [0.05, 0.1) is 16.2 Å². The molecule has 0 aromatic heterocycles. The maximum atomic E-state index is 12.4. The average molecular weight is 372 g/mol. The van der Waals surface area contributed by atoms with Crippen molar-refractivity contribution in [2.45, 2.75) is 13.0 Å². The molecule has 2 aliphatic heterocycles. The van der Waals surface area contributed by atoms with E-state index in [4.69, 9.17) is 4.74 Å². The molecule has 19 heavy (non-hydrogen) atoms. The first-order chi connectivity index (χ1) is 9.11. The molecule has 102 valence electrons. The Morgan fingerprint density at radius 1 is 1.42 bits per heavy atom. The summed E-state index contributed by atoms with van der Waals surface area (Å²) in [5, 5.41) is 0. The van der Waals surface area contributed by atoms with Crippen LogP contribution in [0.4, 0.5) is 0 Å². The van der Waals surface area contributed by atoms with Gasteiger partial charge >= 0.3 is 0 Å². The van der Waals surface area contributed by atoms with Crippen LogP contribution in [-0.2, 0) is 0 Å². The second kappa shape index (κ2) is 4.94. The Hall–Kier alpha value is -0.820. The number of hydrogen-bond donors (Lipinski definition) is 0. The van der Waals surface area contributed by atoms with Crippen molar-refractivity contribution in [3.63, 3.8) is 0 Å². The van der Waals surface area contributed by atoms with Gasteiger partial charge in [-0.05, 0) is 54.3 Å². The van der Waals surface area contributed by atoms with Crippen LogP contribution in [0.15, 0.2) is 12.1 Å². The number of ether oxygens (including phenoxy) is 1.